The van der Waals surface area contributed by atoms with Crippen LogP contribution in [0.1, 0.15) is 16.8 Å². The third kappa shape index (κ3) is 4.37. The number of halogens is 3. The maximum Gasteiger partial charge on any atom is 0.271 e. The molecule has 0 aromatic heterocycles. The van der Waals surface area contributed by atoms with Gasteiger partial charge in [0.1, 0.15) is 5.82 Å². The minimum absolute atomic E-state index is 0.0131. The third-order valence-corrected chi connectivity index (χ3v) is 4.66. The number of hydrazine groups is 1. The van der Waals surface area contributed by atoms with E-state index >= 15 is 0 Å². The van der Waals surface area contributed by atoms with Crippen LogP contribution in [0.2, 0.25) is 10.0 Å². The first-order valence-electron chi connectivity index (χ1n) is 7.96. The van der Waals surface area contributed by atoms with E-state index < -0.39 is 23.5 Å². The minimum Gasteiger partial charge on any atom is -0.312 e. The lowest BCUT2D eigenvalue weighted by atomic mass is 10.1. The van der Waals surface area contributed by atoms with Gasteiger partial charge in [0.15, 0.2) is 0 Å². The highest BCUT2D eigenvalue weighted by Crippen LogP contribution is 2.25. The van der Waals surface area contributed by atoms with Gasteiger partial charge in [-0.3, -0.25) is 25.2 Å². The molecule has 2 aromatic rings. The molecule has 27 heavy (non-hydrogen) atoms. The van der Waals surface area contributed by atoms with Crippen LogP contribution >= 0.6 is 23.2 Å². The summed E-state index contributed by atoms with van der Waals surface area (Å²) in [5.74, 6) is -2.43. The molecule has 3 rings (SSSR count). The van der Waals surface area contributed by atoms with E-state index in [1.807, 2.05) is 0 Å². The number of anilines is 1. The summed E-state index contributed by atoms with van der Waals surface area (Å²) in [7, 11) is 0. The van der Waals surface area contributed by atoms with Gasteiger partial charge in [0.2, 0.25) is 11.8 Å². The summed E-state index contributed by atoms with van der Waals surface area (Å²) in [5, 5.41) is 0.527. The first-order valence-corrected chi connectivity index (χ1v) is 8.72. The zero-order valence-corrected chi connectivity index (χ0v) is 15.4. The Balaban J connectivity index is 1.59. The SMILES string of the molecule is O=C(NNC(=O)[C@@H]1CC(=O)N(c2ccc(F)cc2)C1)c1ccc(Cl)cc1Cl. The van der Waals surface area contributed by atoms with E-state index in [1.54, 1.807) is 0 Å². The van der Waals surface area contributed by atoms with Crippen LogP contribution in [0.25, 0.3) is 0 Å². The summed E-state index contributed by atoms with van der Waals surface area (Å²) < 4.78 is 13.0. The van der Waals surface area contributed by atoms with E-state index in [4.69, 9.17) is 23.2 Å². The Morgan fingerprint density at radius 2 is 1.78 bits per heavy atom. The van der Waals surface area contributed by atoms with Crippen molar-refractivity contribution in [2.24, 2.45) is 5.92 Å². The number of carbonyl (C=O) groups is 3. The zero-order valence-electron chi connectivity index (χ0n) is 13.8. The van der Waals surface area contributed by atoms with Gasteiger partial charge in [-0.2, -0.15) is 0 Å². The molecule has 1 aliphatic heterocycles. The Kier molecular flexibility index (Phi) is 5.62. The molecule has 0 unspecified atom stereocenters. The average Bonchev–Trinajstić information content (AvgIpc) is 3.02. The molecule has 1 aliphatic rings. The van der Waals surface area contributed by atoms with Crippen LogP contribution < -0.4 is 15.8 Å². The molecular weight excluding hydrogens is 396 g/mol. The maximum atomic E-state index is 13.0. The highest BCUT2D eigenvalue weighted by Gasteiger charge is 2.35. The van der Waals surface area contributed by atoms with Crippen LogP contribution in [-0.4, -0.2) is 24.3 Å². The van der Waals surface area contributed by atoms with Crippen LogP contribution in [0.15, 0.2) is 42.5 Å². The summed E-state index contributed by atoms with van der Waals surface area (Å²) in [6.07, 6.45) is -0.0131. The smallest absolute Gasteiger partial charge is 0.271 e. The quantitative estimate of drug-likeness (QED) is 0.764. The molecule has 6 nitrogen and oxygen atoms in total. The standard InChI is InChI=1S/C18H14Cl2FN3O3/c19-11-1-6-14(15(20)8-11)18(27)23-22-17(26)10-7-16(25)24(9-10)13-4-2-12(21)3-5-13/h1-6,8,10H,7,9H2,(H,22,26)(H,23,27)/t10-/m1/s1. The highest BCUT2D eigenvalue weighted by atomic mass is 35.5. The minimum atomic E-state index is -0.649. The monoisotopic (exact) mass is 409 g/mol. The van der Waals surface area contributed by atoms with Gasteiger partial charge in [-0.05, 0) is 42.5 Å². The number of hydrogen-bond acceptors (Lipinski definition) is 3. The number of rotatable bonds is 3. The van der Waals surface area contributed by atoms with Gasteiger partial charge >= 0.3 is 0 Å². The topological polar surface area (TPSA) is 78.5 Å². The molecule has 0 saturated carbocycles. The van der Waals surface area contributed by atoms with Crippen molar-refractivity contribution in [2.75, 3.05) is 11.4 Å². The molecule has 1 saturated heterocycles. The fourth-order valence-corrected chi connectivity index (χ4v) is 3.21. The van der Waals surface area contributed by atoms with Crippen LogP contribution in [0.4, 0.5) is 10.1 Å². The molecule has 0 radical (unpaired) electrons. The highest BCUT2D eigenvalue weighted by molar-refractivity contribution is 6.36. The predicted molar refractivity (Wildman–Crippen MR) is 98.9 cm³/mol. The lowest BCUT2D eigenvalue weighted by molar-refractivity contribution is -0.126. The van der Waals surface area contributed by atoms with Gasteiger partial charge in [0, 0.05) is 23.7 Å². The first-order chi connectivity index (χ1) is 12.8. The third-order valence-electron chi connectivity index (χ3n) is 4.11. The van der Waals surface area contributed by atoms with Crippen molar-refractivity contribution >= 4 is 46.6 Å². The number of nitrogens with zero attached hydrogens (tertiary/aromatic N) is 1. The fraction of sp³-hybridized carbons (Fsp3) is 0.167. The van der Waals surface area contributed by atoms with Crippen LogP contribution in [0, 0.1) is 11.7 Å². The second-order valence-corrected chi connectivity index (χ2v) is 6.79. The Bertz CT molecular complexity index is 905. The Morgan fingerprint density at radius 1 is 1.07 bits per heavy atom. The largest absolute Gasteiger partial charge is 0.312 e. The van der Waals surface area contributed by atoms with Gasteiger partial charge < -0.3 is 4.90 Å². The van der Waals surface area contributed by atoms with Gasteiger partial charge in [0.25, 0.3) is 5.91 Å². The van der Waals surface area contributed by atoms with Gasteiger partial charge in [0.05, 0.1) is 16.5 Å². The van der Waals surface area contributed by atoms with E-state index in [9.17, 15) is 18.8 Å². The predicted octanol–water partition coefficient (Wildman–Crippen LogP) is 2.95. The molecule has 1 heterocycles. The zero-order chi connectivity index (χ0) is 19.6. The number of benzene rings is 2. The average molecular weight is 410 g/mol. The normalized spacial score (nSPS) is 16.3. The Hall–Kier alpha value is -2.64. The van der Waals surface area contributed by atoms with E-state index in [0.717, 1.165) is 0 Å². The molecule has 0 spiro atoms. The Labute approximate surface area is 164 Å². The van der Waals surface area contributed by atoms with Crippen molar-refractivity contribution in [3.8, 4) is 0 Å². The summed E-state index contributed by atoms with van der Waals surface area (Å²) in [6.45, 7) is 0.133. The molecule has 1 fully saturated rings. The van der Waals surface area contributed by atoms with Crippen molar-refractivity contribution in [3.63, 3.8) is 0 Å². The molecule has 9 heteroatoms. The number of hydrogen-bond donors (Lipinski definition) is 2. The van der Waals surface area contributed by atoms with Gasteiger partial charge in [-0.1, -0.05) is 23.2 Å². The van der Waals surface area contributed by atoms with E-state index in [-0.39, 0.29) is 29.5 Å². The molecular formula is C18H14Cl2FN3O3. The molecule has 3 amide bonds. The number of nitrogens with one attached hydrogen (secondary N) is 2. The van der Waals surface area contributed by atoms with Crippen molar-refractivity contribution in [1.29, 1.82) is 0 Å². The molecule has 0 aliphatic carbocycles. The summed E-state index contributed by atoms with van der Waals surface area (Å²) in [4.78, 5) is 37.9. The van der Waals surface area contributed by atoms with Crippen LogP contribution in [0.3, 0.4) is 0 Å². The lowest BCUT2D eigenvalue weighted by Gasteiger charge is -2.16. The summed E-state index contributed by atoms with van der Waals surface area (Å²) in [5.41, 5.74) is 5.22. The summed E-state index contributed by atoms with van der Waals surface area (Å²) >= 11 is 11.7. The van der Waals surface area contributed by atoms with E-state index in [1.165, 1.54) is 47.4 Å². The van der Waals surface area contributed by atoms with Crippen molar-refractivity contribution in [1.82, 2.24) is 10.9 Å². The van der Waals surface area contributed by atoms with Crippen molar-refractivity contribution < 1.29 is 18.8 Å². The Morgan fingerprint density at radius 3 is 2.44 bits per heavy atom. The van der Waals surface area contributed by atoms with Gasteiger partial charge in [-0.25, -0.2) is 4.39 Å². The molecule has 2 aromatic carbocycles. The summed E-state index contributed by atoms with van der Waals surface area (Å²) in [6, 6.07) is 9.77. The molecule has 0 bridgehead atoms. The van der Waals surface area contributed by atoms with Crippen molar-refractivity contribution in [3.05, 3.63) is 63.9 Å². The number of carbonyl (C=O) groups excluding carboxylic acids is 3. The van der Waals surface area contributed by atoms with E-state index in [0.29, 0.717) is 10.7 Å². The maximum absolute atomic E-state index is 13.0. The second kappa shape index (κ2) is 7.94. The molecule has 140 valence electrons. The van der Waals surface area contributed by atoms with Crippen LogP contribution in [-0.2, 0) is 9.59 Å². The van der Waals surface area contributed by atoms with Gasteiger partial charge in [-0.15, -0.1) is 0 Å². The number of amides is 3. The fourth-order valence-electron chi connectivity index (χ4n) is 2.72. The van der Waals surface area contributed by atoms with Crippen LogP contribution in [0.5, 0.6) is 0 Å². The van der Waals surface area contributed by atoms with E-state index in [2.05, 4.69) is 10.9 Å². The molecule has 1 atom stereocenters. The van der Waals surface area contributed by atoms with Crippen molar-refractivity contribution in [2.45, 2.75) is 6.42 Å². The second-order valence-electron chi connectivity index (χ2n) is 5.95. The first kappa shape index (κ1) is 19.1. The molecule has 2 N–H and O–H groups in total. The lowest BCUT2D eigenvalue weighted by Crippen LogP contribution is -2.45.